The minimum atomic E-state index is -0.390. The molecule has 6 aromatic rings. The Morgan fingerprint density at radius 2 is 1.15 bits per heavy atom. The van der Waals surface area contributed by atoms with E-state index >= 15 is 0 Å². The van der Waals surface area contributed by atoms with E-state index in [0.717, 1.165) is 51.1 Å². The second-order valence-corrected chi connectivity index (χ2v) is 11.6. The average molecular weight is 715 g/mol. The van der Waals surface area contributed by atoms with E-state index in [9.17, 15) is 0 Å². The smallest absolute Gasteiger partial charge is 0.144 e. The zero-order valence-electron chi connectivity index (χ0n) is 23.6. The van der Waals surface area contributed by atoms with Crippen LogP contribution < -0.4 is 0 Å². The summed E-state index contributed by atoms with van der Waals surface area (Å²) in [7, 11) is 0. The van der Waals surface area contributed by atoms with E-state index in [1.807, 2.05) is 12.1 Å². The van der Waals surface area contributed by atoms with Crippen LogP contribution in [0.5, 0.6) is 0 Å². The molecule has 5 heteroatoms. The van der Waals surface area contributed by atoms with Crippen molar-refractivity contribution in [1.82, 2.24) is 19.1 Å². The van der Waals surface area contributed by atoms with Gasteiger partial charge in [-0.15, -0.1) is 35.4 Å². The van der Waals surface area contributed by atoms with E-state index in [0.29, 0.717) is 0 Å². The van der Waals surface area contributed by atoms with Crippen LogP contribution in [0.3, 0.4) is 0 Å². The molecule has 206 valence electrons. The monoisotopic (exact) mass is 714 g/mol. The first-order valence-electron chi connectivity index (χ1n) is 13.8. The quantitative estimate of drug-likeness (QED) is 0.170. The Morgan fingerprint density at radius 3 is 1.80 bits per heavy atom. The minimum Gasteiger partial charge on any atom is -0.340 e. The fourth-order valence-corrected chi connectivity index (χ4v) is 5.62. The van der Waals surface area contributed by atoms with Gasteiger partial charge in [-0.05, 0) is 35.9 Å². The number of hydrogen-bond donors (Lipinski definition) is 0. The van der Waals surface area contributed by atoms with Gasteiger partial charge in [-0.3, -0.25) is 9.55 Å². The Bertz CT molecular complexity index is 1710. The van der Waals surface area contributed by atoms with E-state index in [2.05, 4.69) is 146 Å². The number of aromatic nitrogens is 4. The number of fused-ring (bicyclic) bond motifs is 10. The predicted molar refractivity (Wildman–Crippen MR) is 161 cm³/mol. The maximum Gasteiger partial charge on any atom is 0.144 e. The summed E-state index contributed by atoms with van der Waals surface area (Å²) in [6.45, 7) is 8.95. The minimum absolute atomic E-state index is 0. The van der Waals surface area contributed by atoms with Crippen molar-refractivity contribution in [2.45, 2.75) is 38.5 Å². The number of benzene rings is 4. The van der Waals surface area contributed by atoms with Gasteiger partial charge >= 0.3 is 0 Å². The van der Waals surface area contributed by atoms with E-state index < -0.39 is 5.41 Å². The van der Waals surface area contributed by atoms with Crippen LogP contribution in [0, 0.1) is 6.07 Å². The zero-order valence-corrected chi connectivity index (χ0v) is 25.8. The van der Waals surface area contributed by atoms with Crippen molar-refractivity contribution in [2.75, 3.05) is 0 Å². The van der Waals surface area contributed by atoms with Gasteiger partial charge in [0.25, 0.3) is 0 Å². The molecular formula is C36H31N4Pt-. The molecule has 1 aliphatic heterocycles. The van der Waals surface area contributed by atoms with Crippen molar-refractivity contribution in [1.29, 1.82) is 0 Å². The van der Waals surface area contributed by atoms with Gasteiger partial charge in [0.05, 0.1) is 17.2 Å². The molecule has 0 radical (unpaired) electrons. The van der Waals surface area contributed by atoms with Gasteiger partial charge in [-0.25, -0.2) is 4.98 Å². The van der Waals surface area contributed by atoms with Crippen molar-refractivity contribution in [2.24, 2.45) is 0 Å². The molecule has 41 heavy (non-hydrogen) atoms. The second kappa shape index (κ2) is 10.1. The van der Waals surface area contributed by atoms with Crippen LogP contribution in [-0.4, -0.2) is 19.1 Å². The SMILES string of the molecule is CC1(C)c2[c-]c(ccc2)-c2nc(cn2-c2ccccc2)C(C)(C)c2cccc(c2)-c2nc1cn2-c1ccccc1.[Pt]. The first-order chi connectivity index (χ1) is 19.3. The Labute approximate surface area is 256 Å². The normalized spacial score (nSPS) is 14.5. The van der Waals surface area contributed by atoms with Crippen molar-refractivity contribution >= 4 is 0 Å². The summed E-state index contributed by atoms with van der Waals surface area (Å²) in [5.74, 6) is 1.81. The third-order valence-corrected chi connectivity index (χ3v) is 8.31. The van der Waals surface area contributed by atoms with Crippen molar-refractivity contribution < 1.29 is 21.1 Å². The molecule has 0 N–H and O–H groups in total. The van der Waals surface area contributed by atoms with Crippen LogP contribution >= 0.6 is 0 Å². The Hall–Kier alpha value is -4.01. The van der Waals surface area contributed by atoms with E-state index in [4.69, 9.17) is 9.97 Å². The number of nitrogens with zero attached hydrogens (tertiary/aromatic N) is 4. The topological polar surface area (TPSA) is 35.6 Å². The Morgan fingerprint density at radius 1 is 0.585 bits per heavy atom. The molecule has 0 saturated carbocycles. The molecule has 0 unspecified atom stereocenters. The Kier molecular flexibility index (Phi) is 6.71. The number of rotatable bonds is 2. The summed E-state index contributed by atoms with van der Waals surface area (Å²) < 4.78 is 4.42. The summed E-state index contributed by atoms with van der Waals surface area (Å²) in [5.41, 5.74) is 7.73. The van der Waals surface area contributed by atoms with Gasteiger partial charge in [0.15, 0.2) is 0 Å². The van der Waals surface area contributed by atoms with Crippen LogP contribution in [0.25, 0.3) is 34.2 Å². The molecule has 3 heterocycles. The van der Waals surface area contributed by atoms with Gasteiger partial charge in [0, 0.05) is 61.2 Å². The molecule has 0 fully saturated rings. The van der Waals surface area contributed by atoms with Crippen molar-refractivity contribution in [3.8, 4) is 34.2 Å². The Balaban J connectivity index is 0.00000302. The fourth-order valence-electron chi connectivity index (χ4n) is 5.62. The maximum atomic E-state index is 5.31. The van der Waals surface area contributed by atoms with E-state index in [-0.39, 0.29) is 26.5 Å². The van der Waals surface area contributed by atoms with E-state index in [1.54, 1.807) is 0 Å². The average Bonchev–Trinajstić information content (AvgIpc) is 3.65. The molecule has 4 nitrogen and oxygen atoms in total. The molecule has 2 aromatic heterocycles. The predicted octanol–water partition coefficient (Wildman–Crippen LogP) is 8.15. The zero-order chi connectivity index (χ0) is 27.5. The van der Waals surface area contributed by atoms with Gasteiger partial charge in [-0.2, -0.15) is 0 Å². The van der Waals surface area contributed by atoms with Gasteiger partial charge in [0.1, 0.15) is 5.82 Å². The van der Waals surface area contributed by atoms with Crippen LogP contribution in [-0.2, 0) is 31.9 Å². The van der Waals surface area contributed by atoms with Crippen LogP contribution in [0.2, 0.25) is 0 Å². The van der Waals surface area contributed by atoms with Crippen LogP contribution in [0.1, 0.15) is 50.2 Å². The fraction of sp³-hybridized carbons (Fsp3) is 0.167. The summed E-state index contributed by atoms with van der Waals surface area (Å²) in [6, 6.07) is 39.8. The van der Waals surface area contributed by atoms with Crippen LogP contribution in [0.4, 0.5) is 0 Å². The molecular weight excluding hydrogens is 684 g/mol. The molecule has 0 amide bonds. The third kappa shape index (κ3) is 4.51. The molecule has 7 rings (SSSR count). The van der Waals surface area contributed by atoms with Gasteiger partial charge in [-0.1, -0.05) is 82.3 Å². The standard InChI is InChI=1S/C36H31N4.Pt/c1-35(2)27-15-11-13-25(21-27)34-38-32(24-40(34)30-19-9-6-10-20-30)36(3,4)28-16-12-14-26(22-28)33-37-31(35)23-39(33)29-17-7-5-8-18-29;/h5-21,23-24H,1-4H3;/q-1;. The van der Waals surface area contributed by atoms with Gasteiger partial charge in [0.2, 0.25) is 0 Å². The first kappa shape index (κ1) is 27.2. The van der Waals surface area contributed by atoms with Crippen molar-refractivity contribution in [3.05, 3.63) is 144 Å². The number of imidazole rings is 2. The molecule has 0 spiro atoms. The van der Waals surface area contributed by atoms with Crippen LogP contribution in [0.15, 0.2) is 116 Å². The second-order valence-electron chi connectivity index (χ2n) is 11.6. The largest absolute Gasteiger partial charge is 0.340 e. The third-order valence-electron chi connectivity index (χ3n) is 8.31. The molecule has 4 aromatic carbocycles. The maximum absolute atomic E-state index is 5.31. The first-order valence-corrected chi connectivity index (χ1v) is 13.8. The number of hydrogen-bond acceptors (Lipinski definition) is 2. The number of para-hydroxylation sites is 2. The molecule has 0 saturated heterocycles. The molecule has 1 aliphatic rings. The van der Waals surface area contributed by atoms with Gasteiger partial charge < -0.3 is 4.57 Å². The molecule has 0 aliphatic carbocycles. The van der Waals surface area contributed by atoms with Crippen molar-refractivity contribution in [3.63, 3.8) is 0 Å². The molecule has 0 atom stereocenters. The summed E-state index contributed by atoms with van der Waals surface area (Å²) in [5, 5.41) is 0. The van der Waals surface area contributed by atoms with E-state index in [1.165, 1.54) is 5.56 Å². The molecule has 8 bridgehead atoms. The summed E-state index contributed by atoms with van der Waals surface area (Å²) in [4.78, 5) is 10.6. The summed E-state index contributed by atoms with van der Waals surface area (Å²) >= 11 is 0. The summed E-state index contributed by atoms with van der Waals surface area (Å²) in [6.07, 6.45) is 4.37.